The standard InChI is InChI=1S/C17H26N2/c1-13-6-4-5-7-15(13)11-19-12-17(3,16-8-9-16)18-10-14(19)2/h4-7,14,16,18H,8-12H2,1-3H3. The minimum Gasteiger partial charge on any atom is -0.308 e. The predicted octanol–water partition coefficient (Wildman–Crippen LogP) is 2.96. The summed E-state index contributed by atoms with van der Waals surface area (Å²) in [5, 5.41) is 3.80. The van der Waals surface area contributed by atoms with E-state index in [-0.39, 0.29) is 0 Å². The highest BCUT2D eigenvalue weighted by atomic mass is 15.3. The Labute approximate surface area is 117 Å². The van der Waals surface area contributed by atoms with Crippen molar-refractivity contribution in [3.8, 4) is 0 Å². The van der Waals surface area contributed by atoms with E-state index in [2.05, 4.69) is 55.3 Å². The molecule has 1 saturated heterocycles. The first kappa shape index (κ1) is 13.1. The molecule has 3 rings (SSSR count). The average molecular weight is 258 g/mol. The van der Waals surface area contributed by atoms with E-state index in [4.69, 9.17) is 0 Å². The van der Waals surface area contributed by atoms with Crippen molar-refractivity contribution in [2.24, 2.45) is 5.92 Å². The van der Waals surface area contributed by atoms with Gasteiger partial charge in [0.05, 0.1) is 0 Å². The van der Waals surface area contributed by atoms with Gasteiger partial charge >= 0.3 is 0 Å². The van der Waals surface area contributed by atoms with E-state index in [1.165, 1.54) is 30.5 Å². The molecule has 0 amide bonds. The van der Waals surface area contributed by atoms with E-state index in [0.717, 1.165) is 19.0 Å². The minimum atomic E-state index is 0.342. The van der Waals surface area contributed by atoms with E-state index in [1.807, 2.05) is 0 Å². The molecule has 2 unspecified atom stereocenters. The summed E-state index contributed by atoms with van der Waals surface area (Å²) in [6.45, 7) is 10.4. The van der Waals surface area contributed by atoms with Gasteiger partial charge in [-0.15, -0.1) is 0 Å². The molecule has 0 aromatic heterocycles. The fraction of sp³-hybridized carbons (Fsp3) is 0.647. The number of nitrogens with one attached hydrogen (secondary N) is 1. The third kappa shape index (κ3) is 2.70. The summed E-state index contributed by atoms with van der Waals surface area (Å²) in [5.41, 5.74) is 3.24. The highest BCUT2D eigenvalue weighted by Gasteiger charge is 2.45. The fourth-order valence-electron chi connectivity index (χ4n) is 3.36. The maximum absolute atomic E-state index is 3.80. The van der Waals surface area contributed by atoms with E-state index in [1.54, 1.807) is 0 Å². The Hall–Kier alpha value is -0.860. The van der Waals surface area contributed by atoms with Crippen molar-refractivity contribution < 1.29 is 0 Å². The van der Waals surface area contributed by atoms with E-state index < -0.39 is 0 Å². The summed E-state index contributed by atoms with van der Waals surface area (Å²) in [5.74, 6) is 0.902. The van der Waals surface area contributed by atoms with Crippen LogP contribution in [0.15, 0.2) is 24.3 Å². The van der Waals surface area contributed by atoms with E-state index in [9.17, 15) is 0 Å². The third-order valence-corrected chi connectivity index (χ3v) is 5.07. The van der Waals surface area contributed by atoms with E-state index in [0.29, 0.717) is 11.6 Å². The van der Waals surface area contributed by atoms with Gasteiger partial charge in [0, 0.05) is 31.2 Å². The first-order chi connectivity index (χ1) is 9.08. The lowest BCUT2D eigenvalue weighted by atomic mass is 9.90. The van der Waals surface area contributed by atoms with Crippen LogP contribution in [0.25, 0.3) is 0 Å². The lowest BCUT2D eigenvalue weighted by Gasteiger charge is -2.46. The number of nitrogens with zero attached hydrogens (tertiary/aromatic N) is 1. The Morgan fingerprint density at radius 3 is 2.74 bits per heavy atom. The zero-order chi connectivity index (χ0) is 13.5. The normalized spacial score (nSPS) is 32.5. The smallest absolute Gasteiger partial charge is 0.0309 e. The molecule has 1 heterocycles. The van der Waals surface area contributed by atoms with Crippen molar-refractivity contribution in [1.82, 2.24) is 10.2 Å². The lowest BCUT2D eigenvalue weighted by Crippen LogP contribution is -2.62. The van der Waals surface area contributed by atoms with Crippen LogP contribution in [0.5, 0.6) is 0 Å². The summed E-state index contributed by atoms with van der Waals surface area (Å²) >= 11 is 0. The van der Waals surface area contributed by atoms with Gasteiger partial charge in [0.15, 0.2) is 0 Å². The van der Waals surface area contributed by atoms with Crippen LogP contribution in [0.3, 0.4) is 0 Å². The number of hydrogen-bond acceptors (Lipinski definition) is 2. The molecule has 1 N–H and O–H groups in total. The molecule has 1 aliphatic carbocycles. The van der Waals surface area contributed by atoms with Gasteiger partial charge in [-0.3, -0.25) is 4.90 Å². The zero-order valence-electron chi connectivity index (χ0n) is 12.4. The van der Waals surface area contributed by atoms with Crippen LogP contribution in [0, 0.1) is 12.8 Å². The maximum Gasteiger partial charge on any atom is 0.0309 e. The Balaban J connectivity index is 1.73. The summed E-state index contributed by atoms with van der Waals surface area (Å²) in [6.07, 6.45) is 2.83. The van der Waals surface area contributed by atoms with Crippen molar-refractivity contribution in [3.05, 3.63) is 35.4 Å². The van der Waals surface area contributed by atoms with Crippen molar-refractivity contribution in [2.75, 3.05) is 13.1 Å². The Morgan fingerprint density at radius 1 is 1.32 bits per heavy atom. The van der Waals surface area contributed by atoms with Gasteiger partial charge in [-0.05, 0) is 50.7 Å². The van der Waals surface area contributed by atoms with Crippen molar-refractivity contribution in [3.63, 3.8) is 0 Å². The number of rotatable bonds is 3. The summed E-state index contributed by atoms with van der Waals surface area (Å²) in [4.78, 5) is 2.66. The molecule has 19 heavy (non-hydrogen) atoms. The molecular weight excluding hydrogens is 232 g/mol. The van der Waals surface area contributed by atoms with Crippen molar-refractivity contribution in [1.29, 1.82) is 0 Å². The van der Waals surface area contributed by atoms with Gasteiger partial charge in [-0.25, -0.2) is 0 Å². The number of hydrogen-bond donors (Lipinski definition) is 1. The number of piperazine rings is 1. The molecule has 2 fully saturated rings. The Kier molecular flexibility index (Phi) is 3.40. The predicted molar refractivity (Wildman–Crippen MR) is 80.2 cm³/mol. The number of benzene rings is 1. The van der Waals surface area contributed by atoms with Crippen molar-refractivity contribution in [2.45, 2.75) is 51.7 Å². The minimum absolute atomic E-state index is 0.342. The average Bonchev–Trinajstić information content (AvgIpc) is 3.21. The van der Waals surface area contributed by atoms with Crippen LogP contribution in [0.4, 0.5) is 0 Å². The second-order valence-corrected chi connectivity index (χ2v) is 6.75. The second-order valence-electron chi connectivity index (χ2n) is 6.75. The molecule has 1 aliphatic heterocycles. The highest BCUT2D eigenvalue weighted by molar-refractivity contribution is 5.25. The third-order valence-electron chi connectivity index (χ3n) is 5.07. The molecule has 2 aliphatic rings. The SMILES string of the molecule is Cc1ccccc1CN1CC(C)(C2CC2)NCC1C. The lowest BCUT2D eigenvalue weighted by molar-refractivity contribution is 0.0769. The van der Waals surface area contributed by atoms with Gasteiger partial charge < -0.3 is 5.32 Å². The second kappa shape index (κ2) is 4.92. The van der Waals surface area contributed by atoms with Crippen LogP contribution >= 0.6 is 0 Å². The molecule has 1 aromatic rings. The highest BCUT2D eigenvalue weighted by Crippen LogP contribution is 2.41. The van der Waals surface area contributed by atoms with Crippen molar-refractivity contribution >= 4 is 0 Å². The maximum atomic E-state index is 3.80. The van der Waals surface area contributed by atoms with Crippen LogP contribution in [-0.2, 0) is 6.54 Å². The van der Waals surface area contributed by atoms with E-state index >= 15 is 0 Å². The van der Waals surface area contributed by atoms with Crippen LogP contribution in [0.1, 0.15) is 37.8 Å². The first-order valence-electron chi connectivity index (χ1n) is 7.62. The van der Waals surface area contributed by atoms with Crippen LogP contribution in [0.2, 0.25) is 0 Å². The first-order valence-corrected chi connectivity index (χ1v) is 7.62. The molecule has 104 valence electrons. The number of aryl methyl sites for hydroxylation is 1. The fourth-order valence-corrected chi connectivity index (χ4v) is 3.36. The zero-order valence-corrected chi connectivity index (χ0v) is 12.4. The summed E-state index contributed by atoms with van der Waals surface area (Å²) < 4.78 is 0. The molecular formula is C17H26N2. The van der Waals surface area contributed by atoms with Gasteiger partial charge in [0.1, 0.15) is 0 Å². The largest absolute Gasteiger partial charge is 0.308 e. The molecule has 0 bridgehead atoms. The monoisotopic (exact) mass is 258 g/mol. The van der Waals surface area contributed by atoms with Gasteiger partial charge in [0.2, 0.25) is 0 Å². The Morgan fingerprint density at radius 2 is 2.05 bits per heavy atom. The molecule has 2 atom stereocenters. The molecule has 1 saturated carbocycles. The van der Waals surface area contributed by atoms with Gasteiger partial charge in [-0.1, -0.05) is 24.3 Å². The summed E-state index contributed by atoms with van der Waals surface area (Å²) in [7, 11) is 0. The Bertz CT molecular complexity index is 452. The topological polar surface area (TPSA) is 15.3 Å². The molecule has 1 aromatic carbocycles. The van der Waals surface area contributed by atoms with Crippen LogP contribution < -0.4 is 5.32 Å². The van der Waals surface area contributed by atoms with Gasteiger partial charge in [0.25, 0.3) is 0 Å². The summed E-state index contributed by atoms with van der Waals surface area (Å²) in [6, 6.07) is 9.43. The molecule has 2 heteroatoms. The molecule has 2 nitrogen and oxygen atoms in total. The van der Waals surface area contributed by atoms with Gasteiger partial charge in [-0.2, -0.15) is 0 Å². The molecule has 0 spiro atoms. The van der Waals surface area contributed by atoms with Crippen LogP contribution in [-0.4, -0.2) is 29.6 Å². The molecule has 0 radical (unpaired) electrons. The quantitative estimate of drug-likeness (QED) is 0.896.